The lowest BCUT2D eigenvalue weighted by Gasteiger charge is -2.32. The van der Waals surface area contributed by atoms with Gasteiger partial charge in [-0.05, 0) is 48.6 Å². The fourth-order valence-corrected chi connectivity index (χ4v) is 5.58. The van der Waals surface area contributed by atoms with Gasteiger partial charge in [-0.15, -0.1) is 5.10 Å². The molecule has 4 atom stereocenters. The topological polar surface area (TPSA) is 89.4 Å². The molecule has 6 rings (SSSR count). The summed E-state index contributed by atoms with van der Waals surface area (Å²) in [5.74, 6) is 0.246. The molecule has 0 bridgehead atoms. The maximum Gasteiger partial charge on any atom is 0.260 e. The largest absolute Gasteiger partial charge is 0.497 e. The monoisotopic (exact) mass is 489 g/mol. The summed E-state index contributed by atoms with van der Waals surface area (Å²) in [7, 11) is 1.64. The first-order valence-electron chi connectivity index (χ1n) is 11.7. The lowest BCUT2D eigenvalue weighted by atomic mass is 9.85. The van der Waals surface area contributed by atoms with Crippen LogP contribution in [-0.4, -0.2) is 33.7 Å². The summed E-state index contributed by atoms with van der Waals surface area (Å²) >= 11 is 6.60. The molecule has 0 unspecified atom stereocenters. The maximum absolute atomic E-state index is 13.1. The summed E-state index contributed by atoms with van der Waals surface area (Å²) in [5, 5.41) is 8.75. The predicted octanol–water partition coefficient (Wildman–Crippen LogP) is 4.54. The molecule has 1 N–H and O–H groups in total. The molecule has 1 aliphatic carbocycles. The average molecular weight is 490 g/mol. The summed E-state index contributed by atoms with van der Waals surface area (Å²) in [6, 6.07) is 15.2. The van der Waals surface area contributed by atoms with Crippen LogP contribution in [0.1, 0.15) is 42.5 Å². The number of hydrogen-bond acceptors (Lipinski definition) is 6. The third-order valence-corrected chi connectivity index (χ3v) is 7.51. The van der Waals surface area contributed by atoms with Crippen LogP contribution in [-0.2, 0) is 9.59 Å². The third kappa shape index (κ3) is 3.60. The van der Waals surface area contributed by atoms with E-state index in [0.29, 0.717) is 30.2 Å². The summed E-state index contributed by atoms with van der Waals surface area (Å²) in [5.41, 5.74) is 1.97. The Hall–Kier alpha value is -3.65. The van der Waals surface area contributed by atoms with E-state index in [4.69, 9.17) is 16.3 Å². The van der Waals surface area contributed by atoms with E-state index in [1.165, 1.54) is 4.90 Å². The molecule has 3 aliphatic rings. The molecule has 2 aliphatic heterocycles. The van der Waals surface area contributed by atoms with Gasteiger partial charge in [-0.3, -0.25) is 9.59 Å². The average Bonchev–Trinajstić information content (AvgIpc) is 3.42. The van der Waals surface area contributed by atoms with Gasteiger partial charge in [0.25, 0.3) is 5.95 Å². The van der Waals surface area contributed by atoms with E-state index in [1.807, 2.05) is 60.7 Å². The lowest BCUT2D eigenvalue weighted by Crippen LogP contribution is -2.32. The van der Waals surface area contributed by atoms with Crippen molar-refractivity contribution < 1.29 is 14.3 Å². The first kappa shape index (κ1) is 21.9. The minimum absolute atomic E-state index is 0.0801. The highest BCUT2D eigenvalue weighted by molar-refractivity contribution is 6.31. The second kappa shape index (κ2) is 8.53. The SMILES string of the molecule is COc1ccc([C@@H]2C[C@H](c3ccccc3Cl)n3nc(N4C(=O)[C@H]5CC=CC[C@H]5C4=O)nc3N2)cc1. The van der Waals surface area contributed by atoms with Crippen molar-refractivity contribution in [2.24, 2.45) is 11.8 Å². The number of allylic oxidation sites excluding steroid dienone is 2. The van der Waals surface area contributed by atoms with E-state index in [2.05, 4.69) is 15.4 Å². The Morgan fingerprint density at radius 2 is 1.69 bits per heavy atom. The number of halogens is 1. The zero-order valence-electron chi connectivity index (χ0n) is 19.1. The predicted molar refractivity (Wildman–Crippen MR) is 131 cm³/mol. The first-order chi connectivity index (χ1) is 17.0. The van der Waals surface area contributed by atoms with Gasteiger partial charge in [0.2, 0.25) is 17.8 Å². The van der Waals surface area contributed by atoms with Crippen molar-refractivity contribution in [2.75, 3.05) is 17.3 Å². The molecular formula is C26H24ClN5O3. The number of nitrogens with zero attached hydrogens (tertiary/aromatic N) is 4. The van der Waals surface area contributed by atoms with Crippen molar-refractivity contribution in [3.63, 3.8) is 0 Å². The number of amides is 2. The molecule has 35 heavy (non-hydrogen) atoms. The molecule has 8 nitrogen and oxygen atoms in total. The van der Waals surface area contributed by atoms with Crippen LogP contribution < -0.4 is 15.0 Å². The van der Waals surface area contributed by atoms with Crippen molar-refractivity contribution >= 4 is 35.3 Å². The second-order valence-electron chi connectivity index (χ2n) is 9.09. The fourth-order valence-electron chi connectivity index (χ4n) is 5.32. The Kier molecular flexibility index (Phi) is 5.33. The molecule has 0 radical (unpaired) electrons. The van der Waals surface area contributed by atoms with Gasteiger partial charge in [0.05, 0.1) is 31.0 Å². The highest BCUT2D eigenvalue weighted by Gasteiger charge is 2.50. The highest BCUT2D eigenvalue weighted by Crippen LogP contribution is 2.42. The Bertz CT molecular complexity index is 1310. The van der Waals surface area contributed by atoms with E-state index in [0.717, 1.165) is 16.9 Å². The van der Waals surface area contributed by atoms with Crippen LogP contribution in [0.2, 0.25) is 5.02 Å². The number of hydrogen-bond donors (Lipinski definition) is 1. The van der Waals surface area contributed by atoms with Gasteiger partial charge in [-0.2, -0.15) is 4.98 Å². The molecule has 1 saturated heterocycles. The number of methoxy groups -OCH3 is 1. The van der Waals surface area contributed by atoms with Crippen LogP contribution in [0, 0.1) is 11.8 Å². The van der Waals surface area contributed by atoms with Gasteiger partial charge >= 0.3 is 0 Å². The summed E-state index contributed by atoms with van der Waals surface area (Å²) in [6.07, 6.45) is 5.73. The van der Waals surface area contributed by atoms with Crippen molar-refractivity contribution in [1.82, 2.24) is 14.8 Å². The molecule has 2 amide bonds. The van der Waals surface area contributed by atoms with Gasteiger partial charge in [-0.1, -0.05) is 54.1 Å². The van der Waals surface area contributed by atoms with Crippen molar-refractivity contribution in [3.05, 3.63) is 76.8 Å². The molecule has 1 fully saturated rings. The molecule has 0 spiro atoms. The molecule has 0 saturated carbocycles. The maximum atomic E-state index is 13.1. The summed E-state index contributed by atoms with van der Waals surface area (Å²) < 4.78 is 7.05. The van der Waals surface area contributed by atoms with E-state index in [9.17, 15) is 9.59 Å². The molecule has 1 aromatic heterocycles. The van der Waals surface area contributed by atoms with E-state index < -0.39 is 0 Å². The number of benzene rings is 2. The van der Waals surface area contributed by atoms with E-state index >= 15 is 0 Å². The Labute approximate surface area is 207 Å². The number of nitrogens with one attached hydrogen (secondary N) is 1. The molecular weight excluding hydrogens is 466 g/mol. The van der Waals surface area contributed by atoms with Gasteiger partial charge in [0.15, 0.2) is 0 Å². The molecule has 2 aromatic carbocycles. The van der Waals surface area contributed by atoms with Gasteiger partial charge in [0.1, 0.15) is 5.75 Å². The number of carbonyl (C=O) groups is 2. The Balaban J connectivity index is 1.40. The van der Waals surface area contributed by atoms with Crippen LogP contribution in [0.15, 0.2) is 60.7 Å². The first-order valence-corrected chi connectivity index (χ1v) is 12.1. The van der Waals surface area contributed by atoms with E-state index in [1.54, 1.807) is 11.8 Å². The Morgan fingerprint density at radius 1 is 1.00 bits per heavy atom. The highest BCUT2D eigenvalue weighted by atomic mass is 35.5. The normalized spacial score (nSPS) is 25.3. The Morgan fingerprint density at radius 3 is 2.34 bits per heavy atom. The van der Waals surface area contributed by atoms with Crippen LogP contribution in [0.25, 0.3) is 0 Å². The number of ether oxygens (including phenoxy) is 1. The fraction of sp³-hybridized carbons (Fsp3) is 0.308. The smallest absolute Gasteiger partial charge is 0.260 e. The minimum Gasteiger partial charge on any atom is -0.497 e. The van der Waals surface area contributed by atoms with Crippen LogP contribution in [0.3, 0.4) is 0 Å². The second-order valence-corrected chi connectivity index (χ2v) is 9.50. The molecule has 9 heteroatoms. The quantitative estimate of drug-likeness (QED) is 0.427. The van der Waals surface area contributed by atoms with Crippen molar-refractivity contribution in [3.8, 4) is 5.75 Å². The standard InChI is InChI=1S/C26H24ClN5O3/c1-35-16-12-10-15(11-13-16)21-14-22(19-8-4-5-9-20(19)27)32-25(28-21)29-26(30-32)31-23(33)17-6-2-3-7-18(17)24(31)34/h2-5,8-13,17-18,21-22H,6-7,14H2,1H3,(H,28,29,30)/t17-,18+,21-,22+/m0/s1. The third-order valence-electron chi connectivity index (χ3n) is 7.17. The molecule has 3 heterocycles. The number of rotatable bonds is 4. The van der Waals surface area contributed by atoms with Crippen molar-refractivity contribution in [1.29, 1.82) is 0 Å². The lowest BCUT2D eigenvalue weighted by molar-refractivity contribution is -0.122. The van der Waals surface area contributed by atoms with E-state index in [-0.39, 0.29) is 41.7 Å². The summed E-state index contributed by atoms with van der Waals surface area (Å²) in [6.45, 7) is 0. The number of anilines is 2. The molecule has 178 valence electrons. The van der Waals surface area contributed by atoms with Crippen LogP contribution in [0.5, 0.6) is 5.75 Å². The minimum atomic E-state index is -0.340. The summed E-state index contributed by atoms with van der Waals surface area (Å²) in [4.78, 5) is 32.1. The van der Waals surface area contributed by atoms with Crippen LogP contribution >= 0.6 is 11.6 Å². The van der Waals surface area contributed by atoms with Gasteiger partial charge in [-0.25, -0.2) is 9.58 Å². The molecule has 3 aromatic rings. The number of fused-ring (bicyclic) bond motifs is 2. The van der Waals surface area contributed by atoms with Crippen LogP contribution in [0.4, 0.5) is 11.9 Å². The van der Waals surface area contributed by atoms with Crippen molar-refractivity contribution in [2.45, 2.75) is 31.3 Å². The number of carbonyl (C=O) groups excluding carboxylic acids is 2. The van der Waals surface area contributed by atoms with Gasteiger partial charge in [0, 0.05) is 5.02 Å². The van der Waals surface area contributed by atoms with Gasteiger partial charge < -0.3 is 10.1 Å². The zero-order chi connectivity index (χ0) is 24.1. The number of aromatic nitrogens is 3. The zero-order valence-corrected chi connectivity index (χ0v) is 19.9. The number of imide groups is 1.